The summed E-state index contributed by atoms with van der Waals surface area (Å²) in [7, 11) is 1.59. The number of carbonyl (C=O) groups is 1. The molecule has 0 aliphatic heterocycles. The average Bonchev–Trinajstić information content (AvgIpc) is 2.18. The predicted octanol–water partition coefficient (Wildman–Crippen LogP) is 0.817. The third kappa shape index (κ3) is 3.64. The van der Waals surface area contributed by atoms with Crippen molar-refractivity contribution in [3.8, 4) is 5.75 Å². The number of rotatable bonds is 3. The Hall–Kier alpha value is -1.75. The molecule has 4 N–H and O–H groups in total. The fraction of sp³-hybridized carbons (Fsp3) is 0.417. The maximum atomic E-state index is 11.9. The van der Waals surface area contributed by atoms with Crippen LogP contribution < -0.4 is 5.73 Å². The normalized spacial score (nSPS) is 11.3. The first-order valence-corrected chi connectivity index (χ1v) is 5.27. The summed E-state index contributed by atoms with van der Waals surface area (Å²) >= 11 is 0. The number of benzene rings is 1. The average molecular weight is 238 g/mol. The van der Waals surface area contributed by atoms with Gasteiger partial charge in [-0.25, -0.2) is 0 Å². The lowest BCUT2D eigenvalue weighted by Crippen LogP contribution is -2.39. The third-order valence-corrected chi connectivity index (χ3v) is 2.25. The number of anilines is 1. The summed E-state index contributed by atoms with van der Waals surface area (Å²) in [6.07, 6.45) is 0. The van der Waals surface area contributed by atoms with Gasteiger partial charge in [-0.15, -0.1) is 0 Å². The van der Waals surface area contributed by atoms with Crippen LogP contribution in [0.4, 0.5) is 5.69 Å². The number of aromatic hydroxyl groups is 1. The van der Waals surface area contributed by atoms with Crippen molar-refractivity contribution in [3.63, 3.8) is 0 Å². The molecule has 0 unspecified atom stereocenters. The second kappa shape index (κ2) is 4.63. The molecule has 0 aromatic heterocycles. The van der Waals surface area contributed by atoms with Crippen molar-refractivity contribution in [3.05, 3.63) is 23.8 Å². The SMILES string of the molecule is CN(CC(C)(C)O)C(=O)c1ccc(N)c(O)c1. The van der Waals surface area contributed by atoms with Gasteiger partial charge in [-0.3, -0.25) is 4.79 Å². The Morgan fingerprint density at radius 2 is 2.06 bits per heavy atom. The molecule has 1 rings (SSSR count). The molecule has 17 heavy (non-hydrogen) atoms. The zero-order chi connectivity index (χ0) is 13.2. The summed E-state index contributed by atoms with van der Waals surface area (Å²) < 4.78 is 0. The van der Waals surface area contributed by atoms with Gasteiger partial charge in [0.05, 0.1) is 11.3 Å². The Morgan fingerprint density at radius 3 is 2.53 bits per heavy atom. The summed E-state index contributed by atoms with van der Waals surface area (Å²) in [6, 6.07) is 4.33. The molecule has 0 saturated carbocycles. The number of hydrogen-bond acceptors (Lipinski definition) is 4. The van der Waals surface area contributed by atoms with Crippen LogP contribution in [0.3, 0.4) is 0 Å². The van der Waals surface area contributed by atoms with Gasteiger partial charge < -0.3 is 20.8 Å². The van der Waals surface area contributed by atoms with Gasteiger partial charge in [0, 0.05) is 19.2 Å². The molecule has 0 aliphatic rings. The van der Waals surface area contributed by atoms with Crippen molar-refractivity contribution in [2.45, 2.75) is 19.4 Å². The lowest BCUT2D eigenvalue weighted by atomic mass is 10.1. The molecule has 0 radical (unpaired) electrons. The number of phenolic OH excluding ortho intramolecular Hbond substituents is 1. The summed E-state index contributed by atoms with van der Waals surface area (Å²) in [4.78, 5) is 13.3. The molecule has 1 aromatic rings. The molecule has 0 fully saturated rings. The van der Waals surface area contributed by atoms with E-state index >= 15 is 0 Å². The van der Waals surface area contributed by atoms with Gasteiger partial charge in [-0.2, -0.15) is 0 Å². The standard InChI is InChI=1S/C12H18N2O3/c1-12(2,17)7-14(3)11(16)8-4-5-9(13)10(15)6-8/h4-6,15,17H,7,13H2,1-3H3. The van der Waals surface area contributed by atoms with Gasteiger partial charge in [0.15, 0.2) is 0 Å². The molecular formula is C12H18N2O3. The van der Waals surface area contributed by atoms with Gasteiger partial charge in [0.25, 0.3) is 5.91 Å². The van der Waals surface area contributed by atoms with E-state index in [9.17, 15) is 15.0 Å². The van der Waals surface area contributed by atoms with Crippen molar-refractivity contribution in [2.24, 2.45) is 0 Å². The maximum Gasteiger partial charge on any atom is 0.253 e. The van der Waals surface area contributed by atoms with Crippen molar-refractivity contribution in [2.75, 3.05) is 19.3 Å². The lowest BCUT2D eigenvalue weighted by molar-refractivity contribution is 0.0368. The molecule has 0 bridgehead atoms. The number of phenols is 1. The van der Waals surface area contributed by atoms with Crippen molar-refractivity contribution >= 4 is 11.6 Å². The van der Waals surface area contributed by atoms with Crippen LogP contribution in [0.1, 0.15) is 24.2 Å². The van der Waals surface area contributed by atoms with Crippen LogP contribution in [0, 0.1) is 0 Å². The van der Waals surface area contributed by atoms with Crippen LogP contribution in [0.5, 0.6) is 5.75 Å². The fourth-order valence-corrected chi connectivity index (χ4v) is 1.55. The molecule has 0 saturated heterocycles. The number of nitrogen functional groups attached to an aromatic ring is 1. The number of nitrogens with two attached hydrogens (primary N) is 1. The van der Waals surface area contributed by atoms with Crippen LogP contribution in [-0.2, 0) is 0 Å². The topological polar surface area (TPSA) is 86.8 Å². The van der Waals surface area contributed by atoms with E-state index in [1.54, 1.807) is 20.9 Å². The Labute approximate surface area is 100 Å². The predicted molar refractivity (Wildman–Crippen MR) is 65.8 cm³/mol. The number of likely N-dealkylation sites (N-methyl/N-ethyl adjacent to an activating group) is 1. The van der Waals surface area contributed by atoms with Gasteiger partial charge in [0.2, 0.25) is 0 Å². The van der Waals surface area contributed by atoms with E-state index in [2.05, 4.69) is 0 Å². The van der Waals surface area contributed by atoms with E-state index in [-0.39, 0.29) is 23.9 Å². The maximum absolute atomic E-state index is 11.9. The van der Waals surface area contributed by atoms with E-state index in [1.165, 1.54) is 23.1 Å². The summed E-state index contributed by atoms with van der Waals surface area (Å²) in [5.74, 6) is -0.394. The van der Waals surface area contributed by atoms with Crippen molar-refractivity contribution in [1.29, 1.82) is 0 Å². The number of carbonyl (C=O) groups excluding carboxylic acids is 1. The summed E-state index contributed by atoms with van der Waals surface area (Å²) in [5, 5.41) is 19.0. The van der Waals surface area contributed by atoms with Crippen LogP contribution >= 0.6 is 0 Å². The van der Waals surface area contributed by atoms with E-state index < -0.39 is 5.60 Å². The minimum Gasteiger partial charge on any atom is -0.506 e. The van der Waals surface area contributed by atoms with Gasteiger partial charge in [-0.1, -0.05) is 0 Å². The van der Waals surface area contributed by atoms with E-state index in [1.807, 2.05) is 0 Å². The van der Waals surface area contributed by atoms with Gasteiger partial charge in [-0.05, 0) is 32.0 Å². The molecule has 1 amide bonds. The Morgan fingerprint density at radius 1 is 1.47 bits per heavy atom. The van der Waals surface area contributed by atoms with Crippen LogP contribution in [-0.4, -0.2) is 40.2 Å². The molecule has 0 spiro atoms. The number of amides is 1. The second-order valence-corrected chi connectivity index (χ2v) is 4.75. The molecule has 5 heteroatoms. The highest BCUT2D eigenvalue weighted by atomic mass is 16.3. The molecule has 1 aromatic carbocycles. The monoisotopic (exact) mass is 238 g/mol. The van der Waals surface area contributed by atoms with Crippen LogP contribution in [0.2, 0.25) is 0 Å². The minimum atomic E-state index is -0.958. The second-order valence-electron chi connectivity index (χ2n) is 4.75. The molecule has 0 atom stereocenters. The highest BCUT2D eigenvalue weighted by molar-refractivity contribution is 5.95. The molecule has 0 heterocycles. The largest absolute Gasteiger partial charge is 0.506 e. The number of hydrogen-bond donors (Lipinski definition) is 3. The van der Waals surface area contributed by atoms with E-state index in [0.717, 1.165) is 0 Å². The summed E-state index contributed by atoms with van der Waals surface area (Å²) in [6.45, 7) is 3.45. The Kier molecular flexibility index (Phi) is 3.63. The van der Waals surface area contributed by atoms with Crippen molar-refractivity contribution < 1.29 is 15.0 Å². The van der Waals surface area contributed by atoms with Crippen LogP contribution in [0.15, 0.2) is 18.2 Å². The fourth-order valence-electron chi connectivity index (χ4n) is 1.55. The molecular weight excluding hydrogens is 220 g/mol. The number of nitrogens with zero attached hydrogens (tertiary/aromatic N) is 1. The highest BCUT2D eigenvalue weighted by Crippen LogP contribution is 2.21. The van der Waals surface area contributed by atoms with E-state index in [0.29, 0.717) is 5.56 Å². The van der Waals surface area contributed by atoms with E-state index in [4.69, 9.17) is 5.73 Å². The quantitative estimate of drug-likeness (QED) is 0.537. The Balaban J connectivity index is 2.85. The van der Waals surface area contributed by atoms with Gasteiger partial charge in [0.1, 0.15) is 5.75 Å². The molecule has 5 nitrogen and oxygen atoms in total. The molecule has 94 valence electrons. The summed E-state index contributed by atoms with van der Waals surface area (Å²) in [5.41, 5.74) is 5.06. The van der Waals surface area contributed by atoms with Crippen molar-refractivity contribution in [1.82, 2.24) is 4.90 Å². The Bertz CT molecular complexity index is 424. The minimum absolute atomic E-state index is 0.118. The van der Waals surface area contributed by atoms with Gasteiger partial charge >= 0.3 is 0 Å². The smallest absolute Gasteiger partial charge is 0.253 e. The molecule has 0 aliphatic carbocycles. The highest BCUT2D eigenvalue weighted by Gasteiger charge is 2.20. The zero-order valence-electron chi connectivity index (χ0n) is 10.3. The lowest BCUT2D eigenvalue weighted by Gasteiger charge is -2.25. The first-order valence-electron chi connectivity index (χ1n) is 5.27. The first kappa shape index (κ1) is 13.3. The zero-order valence-corrected chi connectivity index (χ0v) is 10.3. The van der Waals surface area contributed by atoms with Crippen LogP contribution in [0.25, 0.3) is 0 Å². The number of aliphatic hydroxyl groups is 1. The first-order chi connectivity index (χ1) is 7.70. The third-order valence-electron chi connectivity index (χ3n) is 2.25.